The van der Waals surface area contributed by atoms with Crippen molar-refractivity contribution in [2.24, 2.45) is 0 Å². The molecule has 0 saturated carbocycles. The Kier molecular flexibility index (Phi) is 4.87. The molecule has 1 heterocycles. The van der Waals surface area contributed by atoms with E-state index in [0.29, 0.717) is 27.5 Å². The van der Waals surface area contributed by atoms with E-state index in [2.05, 4.69) is 22.2 Å². The number of anilines is 2. The first-order valence-corrected chi connectivity index (χ1v) is 6.85. The quantitative estimate of drug-likeness (QED) is 0.873. The number of hydrogen-bond acceptors (Lipinski definition) is 5. The summed E-state index contributed by atoms with van der Waals surface area (Å²) in [6.45, 7) is 2.85. The SMILES string of the molecule is CCCNc1cc(Oc2cc(Cl)cc(Cl)c2)nc(N)n1. The molecule has 0 atom stereocenters. The fourth-order valence-electron chi connectivity index (χ4n) is 1.55. The molecule has 1 aromatic carbocycles. The van der Waals surface area contributed by atoms with Crippen molar-refractivity contribution in [3.63, 3.8) is 0 Å². The molecule has 2 rings (SSSR count). The van der Waals surface area contributed by atoms with Crippen molar-refractivity contribution in [2.75, 3.05) is 17.6 Å². The van der Waals surface area contributed by atoms with Crippen LogP contribution in [0.5, 0.6) is 11.6 Å². The predicted molar refractivity (Wildman–Crippen MR) is 81.8 cm³/mol. The van der Waals surface area contributed by atoms with Gasteiger partial charge in [-0.3, -0.25) is 0 Å². The molecule has 0 saturated heterocycles. The maximum atomic E-state index is 5.91. The monoisotopic (exact) mass is 312 g/mol. The van der Waals surface area contributed by atoms with Gasteiger partial charge in [-0.2, -0.15) is 9.97 Å². The molecule has 0 bridgehead atoms. The lowest BCUT2D eigenvalue weighted by Crippen LogP contribution is -2.05. The second-order valence-electron chi connectivity index (χ2n) is 4.08. The minimum absolute atomic E-state index is 0.134. The van der Waals surface area contributed by atoms with Crippen LogP contribution < -0.4 is 15.8 Å². The Balaban J connectivity index is 2.21. The molecule has 0 unspecified atom stereocenters. The first kappa shape index (κ1) is 14.7. The summed E-state index contributed by atoms with van der Waals surface area (Å²) in [6.07, 6.45) is 0.976. The summed E-state index contributed by atoms with van der Waals surface area (Å²) in [5.74, 6) is 1.56. The lowest BCUT2D eigenvalue weighted by molar-refractivity contribution is 0.463. The molecule has 0 aliphatic rings. The number of hydrogen-bond donors (Lipinski definition) is 2. The highest BCUT2D eigenvalue weighted by atomic mass is 35.5. The van der Waals surface area contributed by atoms with Crippen LogP contribution in [0.2, 0.25) is 10.0 Å². The van der Waals surface area contributed by atoms with Crippen molar-refractivity contribution in [1.82, 2.24) is 9.97 Å². The number of aromatic nitrogens is 2. The van der Waals surface area contributed by atoms with Crippen LogP contribution >= 0.6 is 23.2 Å². The van der Waals surface area contributed by atoms with Crippen LogP contribution in [0.3, 0.4) is 0 Å². The number of rotatable bonds is 5. The number of nitrogen functional groups attached to an aromatic ring is 1. The highest BCUT2D eigenvalue weighted by molar-refractivity contribution is 6.34. The summed E-state index contributed by atoms with van der Waals surface area (Å²) in [7, 11) is 0. The minimum Gasteiger partial charge on any atom is -0.439 e. The van der Waals surface area contributed by atoms with Gasteiger partial charge in [0.2, 0.25) is 11.8 Å². The summed E-state index contributed by atoms with van der Waals surface area (Å²) in [4.78, 5) is 8.09. The Morgan fingerprint density at radius 2 is 1.85 bits per heavy atom. The maximum absolute atomic E-state index is 5.91. The lowest BCUT2D eigenvalue weighted by Gasteiger charge is -2.09. The minimum atomic E-state index is 0.134. The summed E-state index contributed by atoms with van der Waals surface area (Å²) < 4.78 is 5.60. The van der Waals surface area contributed by atoms with Crippen LogP contribution in [0.1, 0.15) is 13.3 Å². The van der Waals surface area contributed by atoms with E-state index in [1.807, 2.05) is 0 Å². The number of nitrogens with zero attached hydrogens (tertiary/aromatic N) is 2. The van der Waals surface area contributed by atoms with Gasteiger partial charge in [0, 0.05) is 22.7 Å². The second kappa shape index (κ2) is 6.63. The predicted octanol–water partition coefficient (Wildman–Crippen LogP) is 3.98. The van der Waals surface area contributed by atoms with E-state index in [9.17, 15) is 0 Å². The summed E-state index contributed by atoms with van der Waals surface area (Å²) >= 11 is 11.8. The van der Waals surface area contributed by atoms with Crippen LogP contribution in [-0.4, -0.2) is 16.5 Å². The molecular weight excluding hydrogens is 299 g/mol. The zero-order chi connectivity index (χ0) is 14.5. The van der Waals surface area contributed by atoms with Gasteiger partial charge in [0.1, 0.15) is 11.6 Å². The number of ether oxygens (including phenoxy) is 1. The van der Waals surface area contributed by atoms with Crippen LogP contribution in [0.4, 0.5) is 11.8 Å². The molecule has 0 spiro atoms. The van der Waals surface area contributed by atoms with Gasteiger partial charge in [-0.25, -0.2) is 0 Å². The smallest absolute Gasteiger partial charge is 0.226 e. The molecule has 20 heavy (non-hydrogen) atoms. The highest BCUT2D eigenvalue weighted by Gasteiger charge is 2.06. The fourth-order valence-corrected chi connectivity index (χ4v) is 2.05. The third kappa shape index (κ3) is 4.15. The van der Waals surface area contributed by atoms with E-state index in [-0.39, 0.29) is 5.95 Å². The standard InChI is InChI=1S/C13H14Cl2N4O/c1-2-3-17-11-7-12(19-13(16)18-11)20-10-5-8(14)4-9(15)6-10/h4-7H,2-3H2,1H3,(H3,16,17,18,19). The van der Waals surface area contributed by atoms with Crippen LogP contribution in [0.25, 0.3) is 0 Å². The Hall–Kier alpha value is -1.72. The molecule has 7 heteroatoms. The van der Waals surface area contributed by atoms with Crippen molar-refractivity contribution < 1.29 is 4.74 Å². The van der Waals surface area contributed by atoms with Crippen molar-refractivity contribution >= 4 is 35.0 Å². The zero-order valence-electron chi connectivity index (χ0n) is 10.9. The Morgan fingerprint density at radius 1 is 1.15 bits per heavy atom. The first-order chi connectivity index (χ1) is 9.56. The fraction of sp³-hybridized carbons (Fsp3) is 0.231. The van der Waals surface area contributed by atoms with Gasteiger partial charge in [-0.1, -0.05) is 30.1 Å². The summed E-state index contributed by atoms with van der Waals surface area (Å²) in [5.41, 5.74) is 5.65. The first-order valence-electron chi connectivity index (χ1n) is 6.09. The van der Waals surface area contributed by atoms with Gasteiger partial charge in [-0.05, 0) is 24.6 Å². The second-order valence-corrected chi connectivity index (χ2v) is 4.96. The van der Waals surface area contributed by atoms with E-state index in [0.717, 1.165) is 13.0 Å². The number of benzene rings is 1. The Morgan fingerprint density at radius 3 is 2.50 bits per heavy atom. The third-order valence-corrected chi connectivity index (χ3v) is 2.77. The van der Waals surface area contributed by atoms with E-state index in [1.54, 1.807) is 24.3 Å². The van der Waals surface area contributed by atoms with Gasteiger partial charge in [-0.15, -0.1) is 0 Å². The van der Waals surface area contributed by atoms with Crippen LogP contribution in [0.15, 0.2) is 24.3 Å². The zero-order valence-corrected chi connectivity index (χ0v) is 12.4. The van der Waals surface area contributed by atoms with Gasteiger partial charge in [0.25, 0.3) is 0 Å². The van der Waals surface area contributed by atoms with Crippen LogP contribution in [0, 0.1) is 0 Å². The van der Waals surface area contributed by atoms with Gasteiger partial charge >= 0.3 is 0 Å². The van der Waals surface area contributed by atoms with Crippen molar-refractivity contribution in [3.8, 4) is 11.6 Å². The molecule has 3 N–H and O–H groups in total. The highest BCUT2D eigenvalue weighted by Crippen LogP contribution is 2.28. The molecule has 0 amide bonds. The van der Waals surface area contributed by atoms with Gasteiger partial charge in [0.15, 0.2) is 0 Å². The molecule has 5 nitrogen and oxygen atoms in total. The summed E-state index contributed by atoms with van der Waals surface area (Å²) in [6, 6.07) is 6.58. The average molecular weight is 313 g/mol. The largest absolute Gasteiger partial charge is 0.439 e. The number of halogens is 2. The number of nitrogens with two attached hydrogens (primary N) is 1. The van der Waals surface area contributed by atoms with Gasteiger partial charge in [0.05, 0.1) is 0 Å². The van der Waals surface area contributed by atoms with E-state index >= 15 is 0 Å². The van der Waals surface area contributed by atoms with E-state index < -0.39 is 0 Å². The van der Waals surface area contributed by atoms with E-state index in [1.165, 1.54) is 0 Å². The molecule has 0 fully saturated rings. The van der Waals surface area contributed by atoms with E-state index in [4.69, 9.17) is 33.7 Å². The molecule has 0 radical (unpaired) electrons. The molecular formula is C13H14Cl2N4O. The molecule has 0 aliphatic heterocycles. The number of nitrogens with one attached hydrogen (secondary N) is 1. The average Bonchev–Trinajstić information content (AvgIpc) is 2.34. The van der Waals surface area contributed by atoms with Gasteiger partial charge < -0.3 is 15.8 Å². The maximum Gasteiger partial charge on any atom is 0.226 e. The molecule has 0 aliphatic carbocycles. The summed E-state index contributed by atoms with van der Waals surface area (Å²) in [5, 5.41) is 4.09. The Bertz CT molecular complexity index is 587. The van der Waals surface area contributed by atoms with Crippen molar-refractivity contribution in [3.05, 3.63) is 34.3 Å². The molecule has 106 valence electrons. The topological polar surface area (TPSA) is 73.1 Å². The molecule has 1 aromatic heterocycles. The third-order valence-electron chi connectivity index (χ3n) is 2.33. The van der Waals surface area contributed by atoms with Crippen LogP contribution in [-0.2, 0) is 0 Å². The van der Waals surface area contributed by atoms with Crippen molar-refractivity contribution in [1.29, 1.82) is 0 Å². The Labute approximate surface area is 127 Å². The molecule has 2 aromatic rings. The van der Waals surface area contributed by atoms with Crippen molar-refractivity contribution in [2.45, 2.75) is 13.3 Å². The lowest BCUT2D eigenvalue weighted by atomic mass is 10.3. The normalized spacial score (nSPS) is 10.3.